The number of primary amides is 1. The van der Waals surface area contributed by atoms with Gasteiger partial charge < -0.3 is 15.7 Å². The summed E-state index contributed by atoms with van der Waals surface area (Å²) in [6.07, 6.45) is 6.45. The zero-order valence-corrected chi connectivity index (χ0v) is 14.0. The molecule has 0 bridgehead atoms. The van der Waals surface area contributed by atoms with E-state index in [1.807, 2.05) is 4.90 Å². The van der Waals surface area contributed by atoms with Crippen LogP contribution in [0.4, 0.5) is 0 Å². The molecule has 2 heterocycles. The molecular formula is C17H27N3O4. The molecule has 24 heavy (non-hydrogen) atoms. The Hall–Kier alpha value is -1.63. The fourth-order valence-corrected chi connectivity index (χ4v) is 4.72. The molecule has 2 saturated heterocycles. The van der Waals surface area contributed by atoms with Gasteiger partial charge in [0, 0.05) is 19.1 Å². The second kappa shape index (κ2) is 7.09. The third kappa shape index (κ3) is 3.41. The predicted molar refractivity (Wildman–Crippen MR) is 87.0 cm³/mol. The molecule has 1 saturated carbocycles. The van der Waals surface area contributed by atoms with Gasteiger partial charge in [-0.15, -0.1) is 0 Å². The number of hydrogen-bond acceptors (Lipinski definition) is 4. The molecule has 7 heteroatoms. The maximum absolute atomic E-state index is 12.7. The van der Waals surface area contributed by atoms with E-state index in [4.69, 9.17) is 5.73 Å². The summed E-state index contributed by atoms with van der Waals surface area (Å²) in [5.41, 5.74) is 5.38. The number of carboxylic acids is 1. The number of carbonyl (C=O) groups is 3. The van der Waals surface area contributed by atoms with Gasteiger partial charge in [-0.05, 0) is 38.0 Å². The van der Waals surface area contributed by atoms with Crippen molar-refractivity contribution >= 4 is 17.8 Å². The highest BCUT2D eigenvalue weighted by Crippen LogP contribution is 2.39. The Bertz CT molecular complexity index is 524. The number of carbonyl (C=O) groups excluding carboxylic acids is 2. The van der Waals surface area contributed by atoms with Crippen LogP contribution >= 0.6 is 0 Å². The highest BCUT2D eigenvalue weighted by molar-refractivity contribution is 5.82. The average Bonchev–Trinajstić information content (AvgIpc) is 2.94. The molecule has 7 nitrogen and oxygen atoms in total. The fraction of sp³-hybridized carbons (Fsp3) is 0.824. The van der Waals surface area contributed by atoms with Gasteiger partial charge in [0.25, 0.3) is 0 Å². The number of aliphatic carboxylic acids is 1. The highest BCUT2D eigenvalue weighted by Gasteiger charge is 2.46. The molecule has 0 spiro atoms. The zero-order valence-electron chi connectivity index (χ0n) is 14.0. The molecule has 4 atom stereocenters. The maximum atomic E-state index is 12.7. The van der Waals surface area contributed by atoms with Gasteiger partial charge in [0.15, 0.2) is 0 Å². The van der Waals surface area contributed by atoms with Crippen molar-refractivity contribution in [2.24, 2.45) is 17.6 Å². The monoisotopic (exact) mass is 337 g/mol. The zero-order chi connectivity index (χ0) is 17.3. The van der Waals surface area contributed by atoms with Gasteiger partial charge in [0.1, 0.15) is 6.04 Å². The Morgan fingerprint density at radius 3 is 2.54 bits per heavy atom. The molecule has 2 aliphatic heterocycles. The first-order valence-electron chi connectivity index (χ1n) is 9.03. The van der Waals surface area contributed by atoms with Gasteiger partial charge in [0.05, 0.1) is 12.5 Å². The van der Waals surface area contributed by atoms with Gasteiger partial charge in [-0.2, -0.15) is 0 Å². The van der Waals surface area contributed by atoms with Crippen LogP contribution in [0.5, 0.6) is 0 Å². The molecule has 0 radical (unpaired) electrons. The Morgan fingerprint density at radius 1 is 1.08 bits per heavy atom. The van der Waals surface area contributed by atoms with Crippen molar-refractivity contribution in [3.05, 3.63) is 0 Å². The van der Waals surface area contributed by atoms with E-state index in [2.05, 4.69) is 0 Å². The van der Waals surface area contributed by atoms with Crippen molar-refractivity contribution in [2.45, 2.75) is 57.0 Å². The maximum Gasteiger partial charge on any atom is 0.320 e. The van der Waals surface area contributed by atoms with Crippen LogP contribution in [0.1, 0.15) is 44.9 Å². The lowest BCUT2D eigenvalue weighted by Gasteiger charge is -2.36. The summed E-state index contributed by atoms with van der Waals surface area (Å²) < 4.78 is 0. The van der Waals surface area contributed by atoms with Crippen LogP contribution in [-0.2, 0) is 14.4 Å². The summed E-state index contributed by atoms with van der Waals surface area (Å²) in [5.74, 6) is -1.14. The number of likely N-dealkylation sites (tertiary alicyclic amines) is 2. The van der Waals surface area contributed by atoms with Gasteiger partial charge in [-0.25, -0.2) is 0 Å². The molecule has 0 aromatic rings. The number of fused-ring (bicyclic) bond motifs is 1. The molecule has 1 aliphatic carbocycles. The standard InChI is InChI=1S/C17H27N3O4/c18-16(22)12-5-3-7-19(9-12)15(21)10-20-13-6-2-1-4-11(13)8-14(20)17(23)24/h11-14H,1-10H2,(H2,18,22)(H,23,24)/t11-,12+,13-,14-/m0/s1. The first-order valence-corrected chi connectivity index (χ1v) is 9.03. The van der Waals surface area contributed by atoms with E-state index in [1.165, 1.54) is 0 Å². The van der Waals surface area contributed by atoms with Crippen molar-refractivity contribution < 1.29 is 19.5 Å². The predicted octanol–water partition coefficient (Wildman–Crippen LogP) is 0.428. The Morgan fingerprint density at radius 2 is 1.83 bits per heavy atom. The van der Waals surface area contributed by atoms with Crippen LogP contribution in [0.15, 0.2) is 0 Å². The molecule has 3 rings (SSSR count). The normalized spacial score (nSPS) is 33.9. The number of hydrogen-bond donors (Lipinski definition) is 2. The van der Waals surface area contributed by atoms with Crippen molar-refractivity contribution in [2.75, 3.05) is 19.6 Å². The summed E-state index contributed by atoms with van der Waals surface area (Å²) >= 11 is 0. The molecule has 2 amide bonds. The largest absolute Gasteiger partial charge is 0.480 e. The number of nitrogens with two attached hydrogens (primary N) is 1. The van der Waals surface area contributed by atoms with E-state index in [0.29, 0.717) is 25.4 Å². The minimum atomic E-state index is -0.828. The summed E-state index contributed by atoms with van der Waals surface area (Å²) in [4.78, 5) is 39.3. The van der Waals surface area contributed by atoms with Crippen LogP contribution in [0.25, 0.3) is 0 Å². The van der Waals surface area contributed by atoms with Gasteiger partial charge in [-0.1, -0.05) is 12.8 Å². The summed E-state index contributed by atoms with van der Waals surface area (Å²) in [7, 11) is 0. The SMILES string of the molecule is NC(=O)[C@@H]1CCCN(C(=O)CN2[C@H](C(=O)O)C[C@@H]3CCCC[C@@H]32)C1. The number of rotatable bonds is 4. The lowest BCUT2D eigenvalue weighted by Crippen LogP contribution is -2.51. The van der Waals surface area contributed by atoms with Crippen LogP contribution in [0.2, 0.25) is 0 Å². The van der Waals surface area contributed by atoms with Crippen LogP contribution in [-0.4, -0.2) is 64.4 Å². The molecule has 3 N–H and O–H groups in total. The third-order valence-electron chi connectivity index (χ3n) is 6.00. The lowest BCUT2D eigenvalue weighted by atomic mass is 9.85. The summed E-state index contributed by atoms with van der Waals surface area (Å²) in [6.45, 7) is 1.14. The minimum absolute atomic E-state index is 0.0709. The van der Waals surface area contributed by atoms with E-state index < -0.39 is 12.0 Å². The van der Waals surface area contributed by atoms with E-state index in [0.717, 1.165) is 38.5 Å². The Labute approximate surface area is 142 Å². The van der Waals surface area contributed by atoms with Crippen molar-refractivity contribution in [1.82, 2.24) is 9.80 Å². The van der Waals surface area contributed by atoms with E-state index in [9.17, 15) is 19.5 Å². The highest BCUT2D eigenvalue weighted by atomic mass is 16.4. The number of carboxylic acid groups (broad SMARTS) is 1. The topological polar surface area (TPSA) is 104 Å². The molecule has 134 valence electrons. The first kappa shape index (κ1) is 17.2. The van der Waals surface area contributed by atoms with Crippen molar-refractivity contribution in [3.8, 4) is 0 Å². The minimum Gasteiger partial charge on any atom is -0.480 e. The van der Waals surface area contributed by atoms with Crippen LogP contribution in [0, 0.1) is 11.8 Å². The van der Waals surface area contributed by atoms with Crippen LogP contribution < -0.4 is 5.73 Å². The average molecular weight is 337 g/mol. The van der Waals surface area contributed by atoms with Gasteiger partial charge >= 0.3 is 5.97 Å². The molecule has 0 aromatic heterocycles. The third-order valence-corrected chi connectivity index (χ3v) is 6.00. The fourth-order valence-electron chi connectivity index (χ4n) is 4.72. The lowest BCUT2D eigenvalue weighted by molar-refractivity contribution is -0.144. The quantitative estimate of drug-likeness (QED) is 0.774. The van der Waals surface area contributed by atoms with Crippen molar-refractivity contribution in [3.63, 3.8) is 0 Å². The summed E-state index contributed by atoms with van der Waals surface area (Å²) in [5, 5.41) is 9.54. The number of nitrogens with zero attached hydrogens (tertiary/aromatic N) is 2. The molecule has 0 unspecified atom stereocenters. The van der Waals surface area contributed by atoms with Gasteiger partial charge in [-0.3, -0.25) is 19.3 Å². The summed E-state index contributed by atoms with van der Waals surface area (Å²) in [6, 6.07) is -0.348. The van der Waals surface area contributed by atoms with E-state index in [1.54, 1.807) is 4.90 Å². The second-order valence-corrected chi connectivity index (χ2v) is 7.46. The van der Waals surface area contributed by atoms with E-state index >= 15 is 0 Å². The van der Waals surface area contributed by atoms with Gasteiger partial charge in [0.2, 0.25) is 11.8 Å². The molecule has 3 aliphatic rings. The smallest absolute Gasteiger partial charge is 0.320 e. The second-order valence-electron chi connectivity index (χ2n) is 7.46. The Kier molecular flexibility index (Phi) is 5.08. The van der Waals surface area contributed by atoms with E-state index in [-0.39, 0.29) is 30.3 Å². The molecule has 0 aromatic carbocycles. The molecular weight excluding hydrogens is 310 g/mol. The number of piperidine rings is 1. The van der Waals surface area contributed by atoms with Crippen molar-refractivity contribution in [1.29, 1.82) is 0 Å². The number of amides is 2. The first-order chi connectivity index (χ1) is 11.5. The van der Waals surface area contributed by atoms with Crippen LogP contribution in [0.3, 0.4) is 0 Å². The molecule has 3 fully saturated rings. The Balaban J connectivity index is 1.67.